The van der Waals surface area contributed by atoms with Crippen molar-refractivity contribution in [3.63, 3.8) is 0 Å². The van der Waals surface area contributed by atoms with E-state index >= 15 is 0 Å². The van der Waals surface area contributed by atoms with Gasteiger partial charge in [0.25, 0.3) is 10.0 Å². The second kappa shape index (κ2) is 8.27. The third-order valence-electron chi connectivity index (χ3n) is 4.25. The molecule has 5 nitrogen and oxygen atoms in total. The zero-order valence-electron chi connectivity index (χ0n) is 15.8. The summed E-state index contributed by atoms with van der Waals surface area (Å²) in [6.07, 6.45) is 0. The lowest BCUT2D eigenvalue weighted by atomic mass is 10.0. The van der Waals surface area contributed by atoms with Crippen molar-refractivity contribution in [3.8, 4) is 0 Å². The fraction of sp³-hybridized carbons (Fsp3) is 0.136. The van der Waals surface area contributed by atoms with Crippen molar-refractivity contribution >= 4 is 27.2 Å². The molecule has 0 spiro atoms. The standard InChI is InChI=1S/C22H22N2O3S/c1-3-23-21-14-11-18(15-20(21)22(25)17-7-5-4-6-8-17)24-28(26,27)19-12-9-16(2)10-13-19/h4-15,23-24H,3H2,1-2H3. The van der Waals surface area contributed by atoms with Gasteiger partial charge in [-0.1, -0.05) is 48.0 Å². The van der Waals surface area contributed by atoms with Gasteiger partial charge in [-0.25, -0.2) is 8.42 Å². The summed E-state index contributed by atoms with van der Waals surface area (Å²) in [5.74, 6) is -0.173. The molecule has 0 aliphatic carbocycles. The van der Waals surface area contributed by atoms with E-state index in [4.69, 9.17) is 0 Å². The summed E-state index contributed by atoms with van der Waals surface area (Å²) in [5, 5.41) is 3.16. The monoisotopic (exact) mass is 394 g/mol. The van der Waals surface area contributed by atoms with E-state index in [1.165, 1.54) is 0 Å². The summed E-state index contributed by atoms with van der Waals surface area (Å²) in [6.45, 7) is 4.47. The van der Waals surface area contributed by atoms with Crippen LogP contribution >= 0.6 is 0 Å². The Kier molecular flexibility index (Phi) is 5.80. The highest BCUT2D eigenvalue weighted by Gasteiger charge is 2.18. The molecule has 28 heavy (non-hydrogen) atoms. The molecule has 2 N–H and O–H groups in total. The molecule has 0 heterocycles. The maximum absolute atomic E-state index is 13.0. The Morgan fingerprint density at radius 2 is 1.61 bits per heavy atom. The van der Waals surface area contributed by atoms with E-state index in [1.807, 2.05) is 19.9 Å². The lowest BCUT2D eigenvalue weighted by molar-refractivity contribution is 0.103. The normalized spacial score (nSPS) is 11.1. The number of sulfonamides is 1. The molecule has 3 aromatic rings. The van der Waals surface area contributed by atoms with Crippen LogP contribution in [0.5, 0.6) is 0 Å². The first-order valence-electron chi connectivity index (χ1n) is 8.98. The summed E-state index contributed by atoms with van der Waals surface area (Å²) < 4.78 is 27.9. The largest absolute Gasteiger partial charge is 0.385 e. The highest BCUT2D eigenvalue weighted by Crippen LogP contribution is 2.25. The minimum absolute atomic E-state index is 0.171. The van der Waals surface area contributed by atoms with E-state index in [2.05, 4.69) is 10.0 Å². The van der Waals surface area contributed by atoms with Crippen LogP contribution in [0.2, 0.25) is 0 Å². The van der Waals surface area contributed by atoms with Crippen LogP contribution in [0, 0.1) is 6.92 Å². The molecule has 0 saturated carbocycles. The van der Waals surface area contributed by atoms with Crippen molar-refractivity contribution in [2.24, 2.45) is 0 Å². The summed E-state index contributed by atoms with van der Waals surface area (Å²) in [7, 11) is -3.74. The quantitative estimate of drug-likeness (QED) is 0.580. The van der Waals surface area contributed by atoms with Gasteiger partial charge in [-0.05, 0) is 44.2 Å². The van der Waals surface area contributed by atoms with E-state index in [-0.39, 0.29) is 10.7 Å². The Labute approximate surface area is 165 Å². The zero-order valence-corrected chi connectivity index (χ0v) is 16.6. The van der Waals surface area contributed by atoms with Gasteiger partial charge in [-0.2, -0.15) is 0 Å². The maximum atomic E-state index is 13.0. The first-order chi connectivity index (χ1) is 13.4. The molecule has 3 rings (SSSR count). The van der Waals surface area contributed by atoms with Crippen LogP contribution in [-0.4, -0.2) is 20.7 Å². The number of aryl methyl sites for hydroxylation is 1. The van der Waals surface area contributed by atoms with Crippen molar-refractivity contribution in [1.29, 1.82) is 0 Å². The SMILES string of the molecule is CCNc1ccc(NS(=O)(=O)c2ccc(C)cc2)cc1C(=O)c1ccccc1. The second-order valence-electron chi connectivity index (χ2n) is 6.40. The number of hydrogen-bond acceptors (Lipinski definition) is 4. The predicted molar refractivity (Wildman–Crippen MR) is 112 cm³/mol. The number of nitrogens with one attached hydrogen (secondary N) is 2. The van der Waals surface area contributed by atoms with Crippen molar-refractivity contribution < 1.29 is 13.2 Å². The Hall–Kier alpha value is -3.12. The molecule has 0 radical (unpaired) electrons. The van der Waals surface area contributed by atoms with Crippen LogP contribution < -0.4 is 10.0 Å². The van der Waals surface area contributed by atoms with Gasteiger partial charge in [-0.15, -0.1) is 0 Å². The Balaban J connectivity index is 1.97. The van der Waals surface area contributed by atoms with Crippen molar-refractivity contribution in [1.82, 2.24) is 0 Å². The van der Waals surface area contributed by atoms with Crippen LogP contribution in [0.1, 0.15) is 28.4 Å². The summed E-state index contributed by atoms with van der Waals surface area (Å²) in [4.78, 5) is 13.1. The molecule has 0 saturated heterocycles. The Morgan fingerprint density at radius 3 is 2.25 bits per heavy atom. The van der Waals surface area contributed by atoms with Crippen LogP contribution in [0.15, 0.2) is 77.7 Å². The average Bonchev–Trinajstić information content (AvgIpc) is 2.69. The third-order valence-corrected chi connectivity index (χ3v) is 5.65. The molecule has 3 aromatic carbocycles. The van der Waals surface area contributed by atoms with E-state index in [0.717, 1.165) is 5.56 Å². The first-order valence-corrected chi connectivity index (χ1v) is 10.5. The molecule has 6 heteroatoms. The topological polar surface area (TPSA) is 75.3 Å². The first kappa shape index (κ1) is 19.6. The number of anilines is 2. The van der Waals surface area contributed by atoms with E-state index < -0.39 is 10.0 Å². The van der Waals surface area contributed by atoms with Crippen molar-refractivity contribution in [2.45, 2.75) is 18.7 Å². The summed E-state index contributed by atoms with van der Waals surface area (Å²) >= 11 is 0. The zero-order chi connectivity index (χ0) is 20.1. The van der Waals surface area contributed by atoms with E-state index in [9.17, 15) is 13.2 Å². The van der Waals surface area contributed by atoms with Gasteiger partial charge in [0.05, 0.1) is 4.90 Å². The van der Waals surface area contributed by atoms with Gasteiger partial charge in [0.1, 0.15) is 0 Å². The van der Waals surface area contributed by atoms with Gasteiger partial charge in [0.2, 0.25) is 0 Å². The van der Waals surface area contributed by atoms with E-state index in [0.29, 0.717) is 29.0 Å². The van der Waals surface area contributed by atoms with Gasteiger partial charge in [0, 0.05) is 29.0 Å². The Morgan fingerprint density at radius 1 is 0.929 bits per heavy atom. The number of hydrogen-bond donors (Lipinski definition) is 2. The predicted octanol–water partition coefficient (Wildman–Crippen LogP) is 4.46. The smallest absolute Gasteiger partial charge is 0.261 e. The lowest BCUT2D eigenvalue weighted by Crippen LogP contribution is -2.14. The molecule has 0 atom stereocenters. The molecular formula is C22H22N2O3S. The van der Waals surface area contributed by atoms with Gasteiger partial charge in [0.15, 0.2) is 5.78 Å². The summed E-state index contributed by atoms with van der Waals surface area (Å²) in [5.41, 5.74) is 2.93. The van der Waals surface area contributed by atoms with Crippen molar-refractivity contribution in [3.05, 3.63) is 89.5 Å². The molecular weight excluding hydrogens is 372 g/mol. The number of rotatable bonds is 7. The minimum atomic E-state index is -3.74. The van der Waals surface area contributed by atoms with Gasteiger partial charge in [-0.3, -0.25) is 9.52 Å². The Bertz CT molecular complexity index is 1080. The molecule has 0 aliphatic heterocycles. The molecule has 0 fully saturated rings. The van der Waals surface area contributed by atoms with Crippen LogP contribution in [0.4, 0.5) is 11.4 Å². The number of ketones is 1. The highest BCUT2D eigenvalue weighted by atomic mass is 32.2. The minimum Gasteiger partial charge on any atom is -0.385 e. The van der Waals surface area contributed by atoms with Crippen LogP contribution in [0.25, 0.3) is 0 Å². The number of benzene rings is 3. The number of carbonyl (C=O) groups excluding carboxylic acids is 1. The lowest BCUT2D eigenvalue weighted by Gasteiger charge is -2.14. The van der Waals surface area contributed by atoms with Crippen LogP contribution in [-0.2, 0) is 10.0 Å². The summed E-state index contributed by atoms with van der Waals surface area (Å²) in [6, 6.07) is 20.4. The molecule has 0 aromatic heterocycles. The maximum Gasteiger partial charge on any atom is 0.261 e. The third kappa shape index (κ3) is 4.40. The molecule has 0 bridgehead atoms. The van der Waals surface area contributed by atoms with E-state index in [1.54, 1.807) is 66.7 Å². The fourth-order valence-corrected chi connectivity index (χ4v) is 3.87. The van der Waals surface area contributed by atoms with Gasteiger partial charge < -0.3 is 5.32 Å². The highest BCUT2D eigenvalue weighted by molar-refractivity contribution is 7.92. The number of carbonyl (C=O) groups is 1. The van der Waals surface area contributed by atoms with Crippen LogP contribution in [0.3, 0.4) is 0 Å². The average molecular weight is 394 g/mol. The van der Waals surface area contributed by atoms with Gasteiger partial charge >= 0.3 is 0 Å². The second-order valence-corrected chi connectivity index (χ2v) is 8.09. The van der Waals surface area contributed by atoms with Crippen molar-refractivity contribution in [2.75, 3.05) is 16.6 Å². The fourth-order valence-electron chi connectivity index (χ4n) is 2.82. The molecule has 0 unspecified atom stereocenters. The molecule has 0 aliphatic rings. The molecule has 0 amide bonds. The molecule has 144 valence electrons.